The molecule has 28 nitrogen and oxygen atoms in total. The second kappa shape index (κ2) is 25.2. The van der Waals surface area contributed by atoms with Gasteiger partial charge in [0.2, 0.25) is 47.3 Å². The summed E-state index contributed by atoms with van der Waals surface area (Å²) in [5.74, 6) is -6.29. The quantitative estimate of drug-likeness (QED) is 0.0508. The van der Waals surface area contributed by atoms with Crippen molar-refractivity contribution >= 4 is 47.3 Å². The Morgan fingerprint density at radius 2 is 1.34 bits per heavy atom. The van der Waals surface area contributed by atoms with Gasteiger partial charge >= 0.3 is 0 Å². The molecule has 0 aromatic rings. The molecular weight excluding hydrogens is 910 g/mol. The number of likely N-dealkylation sites (tertiary alicyclic amines) is 2. The molecule has 68 heavy (non-hydrogen) atoms. The number of nitrogens with one attached hydrogen (secondary N) is 6. The maximum Gasteiger partial charge on any atom is 0.246 e. The SMILES string of the molecule is CNCC(=O)NC(CO)C(=O)NC(C(=O)NC(C)C(=O)N1CCCC1C(=O)N1CCCC1C(=O)NC(C)C(N)=O)C(C)O[C@H]1OC(CO)[C@H](O)C(O[C@@H]2OC(CO)[C@H](O)C(O)[C@@H]2O)[C@@H]1NC(C)=O. The Morgan fingerprint density at radius 3 is 1.93 bits per heavy atom. The average Bonchev–Trinajstić information content (AvgIpc) is 4.00. The van der Waals surface area contributed by atoms with Gasteiger partial charge in [-0.05, 0) is 53.5 Å². The number of aliphatic hydroxyl groups excluding tert-OH is 7. The summed E-state index contributed by atoms with van der Waals surface area (Å²) in [5, 5.41) is 87.4. The second-order valence-electron chi connectivity index (χ2n) is 17.1. The standard InChI is InChI=1S/C40H67N9O19/c1-16(33(41)59)43-35(61)21-8-6-10-48(21)38(64)22-9-7-11-49(22)37(63)17(2)44-36(62)26(47-34(60)20(13-50)46-25(54)12-42-5)18(3)65-39-27(45-19(4)53)32(29(56)24(15-52)66-39)68-40-31(58)30(57)28(55)23(14-51)67-40/h16-18,20-24,26-32,39-40,42,50-52,55-58H,6-15H2,1-5H3,(H2,41,59)(H,43,61)(H,44,62)(H,45,53)(H,46,54)(H,47,60)/t16?,17?,18?,20?,21?,22?,23?,24?,26?,27-,28-,29-,30?,31-,32?,39-,40-/m0/s1. The van der Waals surface area contributed by atoms with Crippen LogP contribution in [0.3, 0.4) is 0 Å². The van der Waals surface area contributed by atoms with E-state index in [1.807, 2.05) is 0 Å². The van der Waals surface area contributed by atoms with E-state index in [2.05, 4.69) is 31.9 Å². The van der Waals surface area contributed by atoms with E-state index in [1.54, 1.807) is 0 Å². The zero-order valence-electron chi connectivity index (χ0n) is 38.4. The van der Waals surface area contributed by atoms with E-state index in [0.717, 1.165) is 6.92 Å². The lowest BCUT2D eigenvalue weighted by molar-refractivity contribution is -0.347. The largest absolute Gasteiger partial charge is 0.394 e. The number of ether oxygens (including phenoxy) is 4. The van der Waals surface area contributed by atoms with Gasteiger partial charge in [0.15, 0.2) is 12.6 Å². The van der Waals surface area contributed by atoms with Crippen LogP contribution in [0.15, 0.2) is 0 Å². The third-order valence-electron chi connectivity index (χ3n) is 12.1. The van der Waals surface area contributed by atoms with Crippen LogP contribution in [0.25, 0.3) is 0 Å². The molecule has 8 amide bonds. The normalized spacial score (nSPS) is 31.6. The van der Waals surface area contributed by atoms with E-state index >= 15 is 0 Å². The highest BCUT2D eigenvalue weighted by atomic mass is 16.7. The summed E-state index contributed by atoms with van der Waals surface area (Å²) in [6, 6.07) is -9.45. The number of carbonyl (C=O) groups excluding carboxylic acids is 8. The lowest BCUT2D eigenvalue weighted by Crippen LogP contribution is -2.69. The molecule has 4 rings (SSSR count). The molecule has 0 aromatic carbocycles. The number of primary amides is 1. The summed E-state index contributed by atoms with van der Waals surface area (Å²) in [6.45, 7) is 2.34. The summed E-state index contributed by atoms with van der Waals surface area (Å²) in [4.78, 5) is 108. The van der Waals surface area contributed by atoms with E-state index in [0.29, 0.717) is 19.3 Å². The highest BCUT2D eigenvalue weighted by Gasteiger charge is 2.53. The lowest BCUT2D eigenvalue weighted by atomic mass is 9.95. The maximum absolute atomic E-state index is 14.3. The first kappa shape index (κ1) is 55.9. The molecule has 11 unspecified atom stereocenters. The fourth-order valence-electron chi connectivity index (χ4n) is 8.38. The first-order valence-electron chi connectivity index (χ1n) is 22.3. The molecule has 0 radical (unpaired) electrons. The first-order chi connectivity index (χ1) is 32.1. The van der Waals surface area contributed by atoms with Crippen LogP contribution in [0, 0.1) is 0 Å². The number of likely N-dealkylation sites (N-methyl/N-ethyl adjacent to an activating group) is 1. The minimum absolute atomic E-state index is 0.0941. The van der Waals surface area contributed by atoms with Crippen molar-refractivity contribution in [3.63, 3.8) is 0 Å². The van der Waals surface area contributed by atoms with Crippen molar-refractivity contribution in [3.8, 4) is 0 Å². The molecule has 4 aliphatic heterocycles. The fourth-order valence-corrected chi connectivity index (χ4v) is 8.38. The van der Waals surface area contributed by atoms with E-state index in [1.165, 1.54) is 37.6 Å². The fraction of sp³-hybridized carbons (Fsp3) is 0.800. The molecule has 4 aliphatic rings. The molecule has 0 spiro atoms. The van der Waals surface area contributed by atoms with E-state index < -0.39 is 171 Å². The van der Waals surface area contributed by atoms with Crippen LogP contribution < -0.4 is 37.6 Å². The highest BCUT2D eigenvalue weighted by Crippen LogP contribution is 2.31. The predicted molar refractivity (Wildman–Crippen MR) is 227 cm³/mol. The number of nitrogens with zero attached hydrogens (tertiary/aromatic N) is 2. The number of rotatable bonds is 21. The van der Waals surface area contributed by atoms with Crippen LogP contribution in [0.4, 0.5) is 0 Å². The van der Waals surface area contributed by atoms with E-state index in [-0.39, 0.29) is 26.1 Å². The molecule has 4 fully saturated rings. The Bertz CT molecular complexity index is 1800. The smallest absolute Gasteiger partial charge is 0.246 e. The maximum atomic E-state index is 14.3. The Balaban J connectivity index is 1.60. The molecule has 15 N–H and O–H groups in total. The van der Waals surface area contributed by atoms with Crippen molar-refractivity contribution in [1.29, 1.82) is 0 Å². The second-order valence-corrected chi connectivity index (χ2v) is 17.1. The van der Waals surface area contributed by atoms with Crippen molar-refractivity contribution in [2.45, 2.75) is 157 Å². The van der Waals surface area contributed by atoms with Crippen LogP contribution in [-0.2, 0) is 57.3 Å². The molecule has 0 saturated carbocycles. The number of nitrogens with two attached hydrogens (primary N) is 1. The Kier molecular flexibility index (Phi) is 20.7. The summed E-state index contributed by atoms with van der Waals surface area (Å²) >= 11 is 0. The van der Waals surface area contributed by atoms with Gasteiger partial charge in [-0.3, -0.25) is 38.4 Å². The van der Waals surface area contributed by atoms with Crippen LogP contribution in [0.5, 0.6) is 0 Å². The van der Waals surface area contributed by atoms with Gasteiger partial charge in [-0.1, -0.05) is 0 Å². The van der Waals surface area contributed by atoms with Crippen LogP contribution in [-0.4, -0.2) is 243 Å². The minimum Gasteiger partial charge on any atom is -0.394 e. The van der Waals surface area contributed by atoms with Crippen molar-refractivity contribution in [1.82, 2.24) is 41.7 Å². The third kappa shape index (κ3) is 13.5. The molecule has 0 bridgehead atoms. The van der Waals surface area contributed by atoms with Gasteiger partial charge < -0.3 is 102 Å². The molecule has 4 heterocycles. The highest BCUT2D eigenvalue weighted by molar-refractivity contribution is 5.97. The molecular formula is C40H67N9O19. The first-order valence-corrected chi connectivity index (χ1v) is 22.3. The minimum atomic E-state index is -1.98. The van der Waals surface area contributed by atoms with Gasteiger partial charge in [0.05, 0.1) is 32.5 Å². The summed E-state index contributed by atoms with van der Waals surface area (Å²) in [7, 11) is 1.45. The van der Waals surface area contributed by atoms with E-state index in [9.17, 15) is 74.1 Å². The molecule has 386 valence electrons. The Labute approximate surface area is 390 Å². The van der Waals surface area contributed by atoms with E-state index in [4.69, 9.17) is 24.7 Å². The van der Waals surface area contributed by atoms with Gasteiger partial charge in [-0.15, -0.1) is 0 Å². The number of amides is 8. The molecule has 4 saturated heterocycles. The van der Waals surface area contributed by atoms with Crippen molar-refractivity contribution in [2.75, 3.05) is 46.5 Å². The van der Waals surface area contributed by atoms with Crippen LogP contribution in [0.2, 0.25) is 0 Å². The predicted octanol–water partition coefficient (Wildman–Crippen LogP) is -9.18. The van der Waals surface area contributed by atoms with Crippen LogP contribution in [0.1, 0.15) is 53.4 Å². The summed E-state index contributed by atoms with van der Waals surface area (Å²) in [5.41, 5.74) is 5.29. The monoisotopic (exact) mass is 977 g/mol. The van der Waals surface area contributed by atoms with Crippen LogP contribution >= 0.6 is 0 Å². The summed E-state index contributed by atoms with van der Waals surface area (Å²) < 4.78 is 23.2. The molecule has 28 heteroatoms. The van der Waals surface area contributed by atoms with Crippen molar-refractivity contribution in [2.24, 2.45) is 5.73 Å². The third-order valence-corrected chi connectivity index (χ3v) is 12.1. The number of aliphatic hydroxyl groups is 7. The number of hydrogen-bond donors (Lipinski definition) is 14. The Hall–Kier alpha value is -4.72. The molecule has 0 aliphatic carbocycles. The zero-order chi connectivity index (χ0) is 50.7. The number of hydrogen-bond acceptors (Lipinski definition) is 20. The van der Waals surface area contributed by atoms with Gasteiger partial charge in [-0.2, -0.15) is 0 Å². The van der Waals surface area contributed by atoms with Gasteiger partial charge in [0, 0.05) is 20.0 Å². The van der Waals surface area contributed by atoms with Gasteiger partial charge in [0.1, 0.15) is 85.0 Å². The van der Waals surface area contributed by atoms with Crippen molar-refractivity contribution < 1.29 is 93.0 Å². The lowest BCUT2D eigenvalue weighted by Gasteiger charge is -2.48. The average molecular weight is 978 g/mol. The van der Waals surface area contributed by atoms with Gasteiger partial charge in [0.25, 0.3) is 0 Å². The molecule has 0 aromatic heterocycles. The topological polar surface area (TPSA) is 420 Å². The zero-order valence-corrected chi connectivity index (χ0v) is 38.4. The van der Waals surface area contributed by atoms with Gasteiger partial charge in [-0.25, -0.2) is 0 Å². The molecule has 17 atom stereocenters. The number of carbonyl (C=O) groups is 8. The Morgan fingerprint density at radius 1 is 0.735 bits per heavy atom. The summed E-state index contributed by atoms with van der Waals surface area (Å²) in [6.07, 6.45) is -16.2. The van der Waals surface area contributed by atoms with Crippen molar-refractivity contribution in [3.05, 3.63) is 0 Å².